The molecule has 3 rings (SSSR count). The van der Waals surface area contributed by atoms with Crippen molar-refractivity contribution < 1.29 is 32.5 Å². The summed E-state index contributed by atoms with van der Waals surface area (Å²) < 4.78 is 54.1. The Labute approximate surface area is 183 Å². The summed E-state index contributed by atoms with van der Waals surface area (Å²) in [4.78, 5) is 13.8. The Kier molecular flexibility index (Phi) is 6.38. The van der Waals surface area contributed by atoms with Crippen molar-refractivity contribution in [2.75, 3.05) is 20.8 Å². The molecule has 9 heteroatoms. The number of likely N-dealkylation sites (N-methyl/N-ethyl adjacent to an activating group) is 1. The van der Waals surface area contributed by atoms with Crippen molar-refractivity contribution in [2.45, 2.75) is 19.9 Å². The van der Waals surface area contributed by atoms with Crippen LogP contribution < -0.4 is 15.2 Å². The Balaban J connectivity index is 2.52. The van der Waals surface area contributed by atoms with E-state index in [-0.39, 0.29) is 34.6 Å². The SMILES string of the molecule is CCN1C(N)=C(C(=O)O)C(c2cc(OC)cc(OC)c2)=C(c2c(F)cc(F)cc2F)C1C. The summed E-state index contributed by atoms with van der Waals surface area (Å²) in [6, 6.07) is 4.98. The molecule has 0 saturated heterocycles. The van der Waals surface area contributed by atoms with Gasteiger partial charge in [0.05, 0.1) is 25.8 Å². The maximum Gasteiger partial charge on any atom is 0.340 e. The van der Waals surface area contributed by atoms with E-state index in [1.54, 1.807) is 19.9 Å². The number of carboxylic acids is 1. The first kappa shape index (κ1) is 23.1. The van der Waals surface area contributed by atoms with Crippen LogP contribution in [0.4, 0.5) is 13.2 Å². The van der Waals surface area contributed by atoms with Crippen LogP contribution in [0.2, 0.25) is 0 Å². The van der Waals surface area contributed by atoms with Crippen molar-refractivity contribution in [1.82, 2.24) is 4.90 Å². The molecule has 3 N–H and O–H groups in total. The lowest BCUT2D eigenvalue weighted by Crippen LogP contribution is -2.42. The standard InChI is InChI=1S/C23H23F3N2O4/c1-5-28-11(2)18(20-16(25)8-13(24)9-17(20)26)19(21(22(28)27)23(29)30)12-6-14(31-3)10-15(7-12)32-4/h6-11H,5,27H2,1-4H3,(H,29,30). The van der Waals surface area contributed by atoms with Gasteiger partial charge in [-0.15, -0.1) is 0 Å². The van der Waals surface area contributed by atoms with Gasteiger partial charge in [-0.05, 0) is 37.1 Å². The first-order chi connectivity index (χ1) is 15.1. The van der Waals surface area contributed by atoms with Gasteiger partial charge in [0.1, 0.15) is 40.3 Å². The molecule has 1 aliphatic heterocycles. The Morgan fingerprint density at radius 1 is 1.06 bits per heavy atom. The van der Waals surface area contributed by atoms with Crippen LogP contribution in [-0.2, 0) is 4.79 Å². The molecule has 2 aromatic rings. The van der Waals surface area contributed by atoms with Crippen molar-refractivity contribution in [3.05, 3.63) is 70.3 Å². The van der Waals surface area contributed by atoms with Gasteiger partial charge < -0.3 is 25.2 Å². The molecule has 32 heavy (non-hydrogen) atoms. The summed E-state index contributed by atoms with van der Waals surface area (Å²) in [5.74, 6) is -4.17. The molecule has 6 nitrogen and oxygen atoms in total. The summed E-state index contributed by atoms with van der Waals surface area (Å²) in [7, 11) is 2.83. The van der Waals surface area contributed by atoms with E-state index in [0.29, 0.717) is 23.6 Å². The third-order valence-electron chi connectivity index (χ3n) is 5.44. The number of nitrogens with two attached hydrogens (primary N) is 1. The van der Waals surface area contributed by atoms with Gasteiger partial charge in [0.15, 0.2) is 0 Å². The molecule has 0 saturated carbocycles. The maximum atomic E-state index is 14.9. The van der Waals surface area contributed by atoms with Gasteiger partial charge >= 0.3 is 5.97 Å². The zero-order chi connectivity index (χ0) is 23.7. The van der Waals surface area contributed by atoms with Crippen molar-refractivity contribution in [3.63, 3.8) is 0 Å². The number of rotatable bonds is 6. The van der Waals surface area contributed by atoms with E-state index in [9.17, 15) is 23.1 Å². The number of benzene rings is 2. The van der Waals surface area contributed by atoms with E-state index in [4.69, 9.17) is 15.2 Å². The number of nitrogens with zero attached hydrogens (tertiary/aromatic N) is 1. The van der Waals surface area contributed by atoms with Crippen LogP contribution in [0.1, 0.15) is 25.0 Å². The molecule has 0 amide bonds. The first-order valence-electron chi connectivity index (χ1n) is 9.77. The number of aliphatic carboxylic acids is 1. The van der Waals surface area contributed by atoms with Gasteiger partial charge in [0.25, 0.3) is 0 Å². The molecule has 0 radical (unpaired) electrons. The fourth-order valence-corrected chi connectivity index (χ4v) is 4.03. The zero-order valence-electron chi connectivity index (χ0n) is 18.0. The quantitative estimate of drug-likeness (QED) is 0.695. The minimum atomic E-state index is -1.38. The van der Waals surface area contributed by atoms with Gasteiger partial charge in [0.2, 0.25) is 0 Å². The van der Waals surface area contributed by atoms with Gasteiger partial charge in [-0.25, -0.2) is 18.0 Å². The third-order valence-corrected chi connectivity index (χ3v) is 5.44. The predicted molar refractivity (Wildman–Crippen MR) is 113 cm³/mol. The summed E-state index contributed by atoms with van der Waals surface area (Å²) in [6.07, 6.45) is 0. The average molecular weight is 448 g/mol. The van der Waals surface area contributed by atoms with Gasteiger partial charge in [-0.1, -0.05) is 0 Å². The highest BCUT2D eigenvalue weighted by atomic mass is 19.1. The van der Waals surface area contributed by atoms with Crippen LogP contribution in [0.5, 0.6) is 11.5 Å². The lowest BCUT2D eigenvalue weighted by atomic mass is 9.82. The lowest BCUT2D eigenvalue weighted by Gasteiger charge is -2.39. The third kappa shape index (κ3) is 3.86. The summed E-state index contributed by atoms with van der Waals surface area (Å²) in [5, 5.41) is 10.0. The lowest BCUT2D eigenvalue weighted by molar-refractivity contribution is -0.132. The number of carboxylic acid groups (broad SMARTS) is 1. The van der Waals surface area contributed by atoms with Gasteiger partial charge in [0, 0.05) is 30.3 Å². The number of methoxy groups -OCH3 is 2. The number of halogens is 3. The summed E-state index contributed by atoms with van der Waals surface area (Å²) >= 11 is 0. The minimum absolute atomic E-state index is 0.00573. The molecule has 0 aromatic heterocycles. The highest BCUT2D eigenvalue weighted by molar-refractivity contribution is 6.15. The van der Waals surface area contributed by atoms with E-state index < -0.39 is 35.0 Å². The second-order valence-electron chi connectivity index (χ2n) is 7.16. The molecular formula is C23H23F3N2O4. The first-order valence-corrected chi connectivity index (χ1v) is 9.77. The molecule has 0 bridgehead atoms. The number of carbonyl (C=O) groups is 1. The molecule has 2 aromatic carbocycles. The van der Waals surface area contributed by atoms with Crippen molar-refractivity contribution in [2.24, 2.45) is 5.73 Å². The van der Waals surface area contributed by atoms with E-state index in [1.165, 1.54) is 31.3 Å². The molecule has 1 unspecified atom stereocenters. The Morgan fingerprint density at radius 2 is 1.59 bits per heavy atom. The highest BCUT2D eigenvalue weighted by Crippen LogP contribution is 2.44. The van der Waals surface area contributed by atoms with Crippen molar-refractivity contribution in [3.8, 4) is 11.5 Å². The van der Waals surface area contributed by atoms with Gasteiger partial charge in [-0.2, -0.15) is 0 Å². The van der Waals surface area contributed by atoms with Crippen LogP contribution in [0.25, 0.3) is 11.1 Å². The maximum absolute atomic E-state index is 14.9. The van der Waals surface area contributed by atoms with Crippen LogP contribution in [0, 0.1) is 17.5 Å². The fraction of sp³-hybridized carbons (Fsp3) is 0.261. The van der Waals surface area contributed by atoms with E-state index >= 15 is 0 Å². The van der Waals surface area contributed by atoms with Gasteiger partial charge in [-0.3, -0.25) is 0 Å². The Bertz CT molecular complexity index is 1100. The van der Waals surface area contributed by atoms with Crippen LogP contribution >= 0.6 is 0 Å². The largest absolute Gasteiger partial charge is 0.497 e. The van der Waals surface area contributed by atoms with E-state index in [0.717, 1.165) is 0 Å². The molecule has 1 heterocycles. The average Bonchev–Trinajstić information content (AvgIpc) is 2.73. The number of ether oxygens (including phenoxy) is 2. The Morgan fingerprint density at radius 3 is 2.03 bits per heavy atom. The minimum Gasteiger partial charge on any atom is -0.497 e. The van der Waals surface area contributed by atoms with E-state index in [2.05, 4.69) is 0 Å². The monoisotopic (exact) mass is 448 g/mol. The Hall–Kier alpha value is -3.62. The predicted octanol–water partition coefficient (Wildman–Crippen LogP) is 4.01. The highest BCUT2D eigenvalue weighted by Gasteiger charge is 2.37. The molecular weight excluding hydrogens is 425 g/mol. The van der Waals surface area contributed by atoms with Crippen molar-refractivity contribution >= 4 is 17.1 Å². The molecule has 0 spiro atoms. The summed E-state index contributed by atoms with van der Waals surface area (Å²) in [5.41, 5.74) is 5.63. The molecule has 1 atom stereocenters. The van der Waals surface area contributed by atoms with Crippen LogP contribution in [0.15, 0.2) is 41.7 Å². The zero-order valence-corrected chi connectivity index (χ0v) is 18.0. The van der Waals surface area contributed by atoms with Crippen molar-refractivity contribution in [1.29, 1.82) is 0 Å². The second-order valence-corrected chi connectivity index (χ2v) is 7.16. The second kappa shape index (κ2) is 8.86. The number of hydrogen-bond acceptors (Lipinski definition) is 5. The van der Waals surface area contributed by atoms with E-state index in [1.807, 2.05) is 0 Å². The van der Waals surface area contributed by atoms with Crippen LogP contribution in [0.3, 0.4) is 0 Å². The number of hydrogen-bond donors (Lipinski definition) is 2. The normalized spacial score (nSPS) is 16.5. The molecule has 1 aliphatic rings. The van der Waals surface area contributed by atoms with Crippen LogP contribution in [-0.4, -0.2) is 42.8 Å². The smallest absolute Gasteiger partial charge is 0.340 e. The summed E-state index contributed by atoms with van der Waals surface area (Å²) in [6.45, 7) is 3.65. The molecule has 0 aliphatic carbocycles. The topological polar surface area (TPSA) is 85.0 Å². The molecule has 0 fully saturated rings. The fourth-order valence-electron chi connectivity index (χ4n) is 4.03. The molecule has 170 valence electrons.